The number of thiophene rings is 1. The standard InChI is InChI=1S/C26H30BN3O5S/c1-16(2)14-23(27(34)35)30-26(33)19(15-28-25(32)18-11-9-17(3)10-12-18)24(31)21-7-4-6-20(29-21)22-8-5-13-36-22/h4-13,16,19,23,34-35H,14-15H2,1-3H3,(H,28,32)(H,30,33)/t19-,23-/m0/s1. The highest BCUT2D eigenvalue weighted by atomic mass is 32.1. The molecule has 3 rings (SSSR count). The van der Waals surface area contributed by atoms with E-state index in [9.17, 15) is 24.4 Å². The quantitative estimate of drug-likeness (QED) is 0.180. The first-order chi connectivity index (χ1) is 17.2. The number of nitrogens with zero attached hydrogens (tertiary/aromatic N) is 1. The van der Waals surface area contributed by atoms with Crippen molar-refractivity contribution < 1.29 is 24.4 Å². The van der Waals surface area contributed by atoms with Gasteiger partial charge < -0.3 is 20.7 Å². The summed E-state index contributed by atoms with van der Waals surface area (Å²) >= 11 is 1.48. The van der Waals surface area contributed by atoms with Crippen molar-refractivity contribution in [2.75, 3.05) is 6.54 Å². The van der Waals surface area contributed by atoms with Crippen molar-refractivity contribution in [3.05, 3.63) is 76.8 Å². The average Bonchev–Trinajstić information content (AvgIpc) is 3.39. The van der Waals surface area contributed by atoms with Gasteiger partial charge >= 0.3 is 7.12 Å². The minimum atomic E-state index is -1.80. The Bertz CT molecular complexity index is 1180. The van der Waals surface area contributed by atoms with Gasteiger partial charge in [-0.25, -0.2) is 4.98 Å². The van der Waals surface area contributed by atoms with Crippen molar-refractivity contribution in [2.45, 2.75) is 33.1 Å². The summed E-state index contributed by atoms with van der Waals surface area (Å²) in [6, 6.07) is 15.7. The molecular weight excluding hydrogens is 477 g/mol. The first kappa shape index (κ1) is 27.3. The predicted octanol–water partition coefficient (Wildman–Crippen LogP) is 2.89. The molecule has 0 bridgehead atoms. The molecule has 188 valence electrons. The maximum atomic E-state index is 13.5. The van der Waals surface area contributed by atoms with Gasteiger partial charge in [0.05, 0.1) is 16.5 Å². The number of hydrogen-bond acceptors (Lipinski definition) is 7. The highest BCUT2D eigenvalue weighted by Crippen LogP contribution is 2.23. The molecule has 4 N–H and O–H groups in total. The molecule has 2 aromatic heterocycles. The molecule has 2 amide bonds. The Morgan fingerprint density at radius 1 is 1.03 bits per heavy atom. The Morgan fingerprint density at radius 3 is 2.36 bits per heavy atom. The van der Waals surface area contributed by atoms with Gasteiger partial charge in [-0.1, -0.05) is 43.7 Å². The fraction of sp³-hybridized carbons (Fsp3) is 0.308. The Balaban J connectivity index is 1.85. The van der Waals surface area contributed by atoms with E-state index in [-0.39, 0.29) is 18.2 Å². The molecule has 2 heterocycles. The van der Waals surface area contributed by atoms with Crippen molar-refractivity contribution in [1.29, 1.82) is 0 Å². The lowest BCUT2D eigenvalue weighted by Gasteiger charge is -2.23. The number of rotatable bonds is 11. The first-order valence-electron chi connectivity index (χ1n) is 11.7. The van der Waals surface area contributed by atoms with Crippen LogP contribution in [0.2, 0.25) is 0 Å². The summed E-state index contributed by atoms with van der Waals surface area (Å²) in [5.74, 6) is -3.94. The second-order valence-electron chi connectivity index (χ2n) is 9.04. The van der Waals surface area contributed by atoms with Gasteiger partial charge in [0, 0.05) is 12.1 Å². The second-order valence-corrected chi connectivity index (χ2v) is 9.98. The molecule has 8 nitrogen and oxygen atoms in total. The van der Waals surface area contributed by atoms with Crippen LogP contribution < -0.4 is 10.6 Å². The summed E-state index contributed by atoms with van der Waals surface area (Å²) in [7, 11) is -1.80. The number of pyridine rings is 1. The number of Topliss-reactive ketones (excluding diaryl/α,β-unsaturated/α-hetero) is 1. The maximum Gasteiger partial charge on any atom is 0.475 e. The van der Waals surface area contributed by atoms with Crippen molar-refractivity contribution in [3.8, 4) is 10.6 Å². The van der Waals surface area contributed by atoms with E-state index in [0.29, 0.717) is 17.7 Å². The van der Waals surface area contributed by atoms with Crippen LogP contribution in [0.1, 0.15) is 46.7 Å². The van der Waals surface area contributed by atoms with Crippen LogP contribution in [-0.4, -0.2) is 52.2 Å². The normalized spacial score (nSPS) is 12.6. The summed E-state index contributed by atoms with van der Waals surface area (Å²) < 4.78 is 0. The third kappa shape index (κ3) is 7.33. The number of carbonyl (C=O) groups excluding carboxylic acids is 3. The third-order valence-electron chi connectivity index (χ3n) is 5.60. The molecule has 0 aliphatic carbocycles. The fourth-order valence-electron chi connectivity index (χ4n) is 3.66. The van der Waals surface area contributed by atoms with Crippen LogP contribution in [0.4, 0.5) is 0 Å². The fourth-order valence-corrected chi connectivity index (χ4v) is 4.36. The van der Waals surface area contributed by atoms with Crippen LogP contribution in [0.5, 0.6) is 0 Å². The summed E-state index contributed by atoms with van der Waals surface area (Å²) in [5.41, 5.74) is 2.07. The molecule has 0 aliphatic rings. The lowest BCUT2D eigenvalue weighted by atomic mass is 9.74. The molecule has 0 radical (unpaired) electrons. The molecule has 1 aromatic carbocycles. The zero-order valence-electron chi connectivity index (χ0n) is 20.5. The minimum absolute atomic E-state index is 0.0663. The van der Waals surface area contributed by atoms with Gasteiger partial charge in [0.2, 0.25) is 5.91 Å². The predicted molar refractivity (Wildman–Crippen MR) is 140 cm³/mol. The molecule has 0 unspecified atom stereocenters. The van der Waals surface area contributed by atoms with E-state index in [2.05, 4.69) is 15.6 Å². The van der Waals surface area contributed by atoms with E-state index in [1.165, 1.54) is 17.4 Å². The van der Waals surface area contributed by atoms with Crippen molar-refractivity contribution in [1.82, 2.24) is 15.6 Å². The molecular formula is C26H30BN3O5S. The van der Waals surface area contributed by atoms with E-state index in [1.54, 1.807) is 36.4 Å². The molecule has 10 heteroatoms. The Hall–Kier alpha value is -3.34. The lowest BCUT2D eigenvalue weighted by molar-refractivity contribution is -0.123. The number of benzene rings is 1. The second kappa shape index (κ2) is 12.6. The summed E-state index contributed by atoms with van der Waals surface area (Å²) in [6.07, 6.45) is 0.298. The SMILES string of the molecule is Cc1ccc(C(=O)NC[C@H](C(=O)N[C@@H](CC(C)C)B(O)O)C(=O)c2cccc(-c3cccs3)n2)cc1. The topological polar surface area (TPSA) is 129 Å². The molecule has 0 aliphatic heterocycles. The third-order valence-corrected chi connectivity index (χ3v) is 6.49. The first-order valence-corrected chi connectivity index (χ1v) is 12.6. The molecule has 0 fully saturated rings. The smallest absolute Gasteiger partial charge is 0.426 e. The van der Waals surface area contributed by atoms with E-state index in [1.807, 2.05) is 38.3 Å². The highest BCUT2D eigenvalue weighted by molar-refractivity contribution is 7.13. The number of nitrogens with one attached hydrogen (secondary N) is 2. The van der Waals surface area contributed by atoms with E-state index >= 15 is 0 Å². The van der Waals surface area contributed by atoms with Gasteiger partial charge in [-0.15, -0.1) is 11.3 Å². The van der Waals surface area contributed by atoms with Gasteiger partial charge in [0.1, 0.15) is 11.6 Å². The van der Waals surface area contributed by atoms with Gasteiger partial charge in [-0.3, -0.25) is 14.4 Å². The van der Waals surface area contributed by atoms with Gasteiger partial charge in [0.15, 0.2) is 5.78 Å². The molecule has 3 aromatic rings. The average molecular weight is 507 g/mol. The number of ketones is 1. The maximum absolute atomic E-state index is 13.5. The van der Waals surface area contributed by atoms with Crippen molar-refractivity contribution in [3.63, 3.8) is 0 Å². The highest BCUT2D eigenvalue weighted by Gasteiger charge is 2.34. The van der Waals surface area contributed by atoms with E-state index in [0.717, 1.165) is 10.4 Å². The van der Waals surface area contributed by atoms with E-state index < -0.39 is 36.6 Å². The van der Waals surface area contributed by atoms with Crippen LogP contribution in [0.15, 0.2) is 60.0 Å². The van der Waals surface area contributed by atoms with Crippen molar-refractivity contribution >= 4 is 36.1 Å². The lowest BCUT2D eigenvalue weighted by Crippen LogP contribution is -2.52. The molecule has 0 saturated carbocycles. The van der Waals surface area contributed by atoms with Crippen LogP contribution in [-0.2, 0) is 4.79 Å². The van der Waals surface area contributed by atoms with E-state index in [4.69, 9.17) is 0 Å². The Morgan fingerprint density at radius 2 is 1.75 bits per heavy atom. The molecule has 36 heavy (non-hydrogen) atoms. The van der Waals surface area contributed by atoms with Crippen LogP contribution in [0.25, 0.3) is 10.6 Å². The van der Waals surface area contributed by atoms with Crippen molar-refractivity contribution in [2.24, 2.45) is 11.8 Å². The number of amides is 2. The number of hydrogen-bond donors (Lipinski definition) is 4. The minimum Gasteiger partial charge on any atom is -0.426 e. The van der Waals surface area contributed by atoms with Gasteiger partial charge in [-0.2, -0.15) is 0 Å². The molecule has 0 saturated heterocycles. The monoisotopic (exact) mass is 507 g/mol. The molecule has 2 atom stereocenters. The summed E-state index contributed by atoms with van der Waals surface area (Å²) in [4.78, 5) is 44.7. The van der Waals surface area contributed by atoms with Gasteiger partial charge in [0.25, 0.3) is 5.91 Å². The van der Waals surface area contributed by atoms with Gasteiger partial charge in [-0.05, 0) is 55.0 Å². The number of carbonyl (C=O) groups is 3. The number of aromatic nitrogens is 1. The summed E-state index contributed by atoms with van der Waals surface area (Å²) in [6.45, 7) is 5.39. The largest absolute Gasteiger partial charge is 0.475 e. The number of aryl methyl sites for hydroxylation is 1. The Labute approximate surface area is 214 Å². The zero-order valence-corrected chi connectivity index (χ0v) is 21.3. The Kier molecular flexibility index (Phi) is 9.52. The molecule has 0 spiro atoms. The zero-order chi connectivity index (χ0) is 26.2. The summed E-state index contributed by atoms with van der Waals surface area (Å²) in [5, 5.41) is 26.6. The van der Waals surface area contributed by atoms with Crippen LogP contribution >= 0.6 is 11.3 Å². The van der Waals surface area contributed by atoms with Crippen LogP contribution in [0, 0.1) is 18.8 Å². The van der Waals surface area contributed by atoms with Crippen LogP contribution in [0.3, 0.4) is 0 Å².